The molecule has 1 aromatic rings. The van der Waals surface area contributed by atoms with E-state index in [1.54, 1.807) is 6.20 Å². The number of nitrogens with zero attached hydrogens (tertiary/aromatic N) is 5. The van der Waals surface area contributed by atoms with Gasteiger partial charge in [0.05, 0.1) is 30.7 Å². The standard InChI is InChI=1S/C19H29N5O2/c1-14-11-20-18(15(2)21-14)26-17-12-24(13-17)19(25)23-8-4-7-22(9-10-23)16-5-3-6-16/h11,16-17H,3-10,12-13H2,1-2H3. The number of rotatable bonds is 3. The van der Waals surface area contributed by atoms with E-state index in [1.807, 2.05) is 23.6 Å². The Bertz CT molecular complexity index is 657. The molecule has 0 N–H and O–H groups in total. The maximum atomic E-state index is 12.8. The topological polar surface area (TPSA) is 61.8 Å². The molecule has 3 aliphatic rings. The number of carbonyl (C=O) groups excluding carboxylic acids is 1. The summed E-state index contributed by atoms with van der Waals surface area (Å²) in [6.07, 6.45) is 6.85. The van der Waals surface area contributed by atoms with Crippen LogP contribution in [0.5, 0.6) is 5.88 Å². The molecule has 1 saturated carbocycles. The van der Waals surface area contributed by atoms with Crippen molar-refractivity contribution >= 4 is 6.03 Å². The number of amides is 2. The molecule has 7 heteroatoms. The molecule has 1 aromatic heterocycles. The number of aryl methyl sites for hydroxylation is 2. The number of aromatic nitrogens is 2. The van der Waals surface area contributed by atoms with Crippen LogP contribution in [-0.4, -0.2) is 82.1 Å². The fourth-order valence-corrected chi connectivity index (χ4v) is 3.97. The Morgan fingerprint density at radius 3 is 2.58 bits per heavy atom. The van der Waals surface area contributed by atoms with Gasteiger partial charge in [-0.1, -0.05) is 6.42 Å². The molecule has 7 nitrogen and oxygen atoms in total. The average Bonchev–Trinajstić information content (AvgIpc) is 2.76. The molecule has 0 atom stereocenters. The van der Waals surface area contributed by atoms with Crippen molar-refractivity contribution in [2.45, 2.75) is 51.7 Å². The molecule has 0 radical (unpaired) electrons. The van der Waals surface area contributed by atoms with Crippen LogP contribution < -0.4 is 4.74 Å². The lowest BCUT2D eigenvalue weighted by molar-refractivity contribution is 0.0276. The van der Waals surface area contributed by atoms with Gasteiger partial charge in [-0.2, -0.15) is 0 Å². The minimum Gasteiger partial charge on any atom is -0.469 e. The molecule has 2 saturated heterocycles. The lowest BCUT2D eigenvalue weighted by Crippen LogP contribution is -2.60. The summed E-state index contributed by atoms with van der Waals surface area (Å²) in [5.74, 6) is 0.582. The van der Waals surface area contributed by atoms with Gasteiger partial charge in [0.15, 0.2) is 0 Å². The Morgan fingerprint density at radius 2 is 1.88 bits per heavy atom. The van der Waals surface area contributed by atoms with Crippen LogP contribution in [0.3, 0.4) is 0 Å². The molecule has 3 heterocycles. The summed E-state index contributed by atoms with van der Waals surface area (Å²) in [4.78, 5) is 27.9. The highest BCUT2D eigenvalue weighted by atomic mass is 16.5. The molecular weight excluding hydrogens is 330 g/mol. The van der Waals surface area contributed by atoms with Gasteiger partial charge < -0.3 is 14.5 Å². The predicted molar refractivity (Wildman–Crippen MR) is 98.3 cm³/mol. The van der Waals surface area contributed by atoms with E-state index < -0.39 is 0 Å². The van der Waals surface area contributed by atoms with Gasteiger partial charge in [0.2, 0.25) is 5.88 Å². The van der Waals surface area contributed by atoms with Gasteiger partial charge >= 0.3 is 6.03 Å². The zero-order valence-corrected chi connectivity index (χ0v) is 15.9. The molecule has 0 aromatic carbocycles. The molecule has 2 amide bonds. The van der Waals surface area contributed by atoms with Crippen molar-refractivity contribution in [2.75, 3.05) is 39.3 Å². The Morgan fingerprint density at radius 1 is 1.08 bits per heavy atom. The number of carbonyl (C=O) groups is 1. The van der Waals surface area contributed by atoms with E-state index in [9.17, 15) is 4.79 Å². The Hall–Kier alpha value is -1.89. The highest BCUT2D eigenvalue weighted by Crippen LogP contribution is 2.26. The molecule has 0 spiro atoms. The minimum absolute atomic E-state index is 0.0214. The van der Waals surface area contributed by atoms with Crippen molar-refractivity contribution in [1.82, 2.24) is 24.7 Å². The molecule has 0 bridgehead atoms. The number of urea groups is 1. The zero-order chi connectivity index (χ0) is 18.1. The number of ether oxygens (including phenoxy) is 1. The van der Waals surface area contributed by atoms with Crippen LogP contribution in [0, 0.1) is 13.8 Å². The van der Waals surface area contributed by atoms with Crippen molar-refractivity contribution in [3.8, 4) is 5.88 Å². The van der Waals surface area contributed by atoms with Crippen LogP contribution in [0.25, 0.3) is 0 Å². The van der Waals surface area contributed by atoms with E-state index in [0.29, 0.717) is 19.0 Å². The van der Waals surface area contributed by atoms with E-state index in [-0.39, 0.29) is 12.1 Å². The second kappa shape index (κ2) is 7.39. The summed E-state index contributed by atoms with van der Waals surface area (Å²) in [6.45, 7) is 8.95. The maximum Gasteiger partial charge on any atom is 0.320 e. The summed E-state index contributed by atoms with van der Waals surface area (Å²) in [6, 6.07) is 0.928. The van der Waals surface area contributed by atoms with Crippen LogP contribution in [0.15, 0.2) is 6.20 Å². The smallest absolute Gasteiger partial charge is 0.320 e. The second-order valence-electron chi connectivity index (χ2n) is 7.79. The first-order chi connectivity index (χ1) is 12.6. The maximum absolute atomic E-state index is 12.8. The molecule has 142 valence electrons. The average molecular weight is 359 g/mol. The summed E-state index contributed by atoms with van der Waals surface area (Å²) in [5, 5.41) is 0. The van der Waals surface area contributed by atoms with Gasteiger partial charge in [0, 0.05) is 32.2 Å². The van der Waals surface area contributed by atoms with Gasteiger partial charge in [0.1, 0.15) is 6.10 Å². The molecule has 26 heavy (non-hydrogen) atoms. The minimum atomic E-state index is 0.0214. The fraction of sp³-hybridized carbons (Fsp3) is 0.737. The van der Waals surface area contributed by atoms with E-state index in [0.717, 1.165) is 50.0 Å². The fourth-order valence-electron chi connectivity index (χ4n) is 3.97. The van der Waals surface area contributed by atoms with Crippen molar-refractivity contribution in [2.24, 2.45) is 0 Å². The molecule has 0 unspecified atom stereocenters. The summed E-state index contributed by atoms with van der Waals surface area (Å²) < 4.78 is 5.90. The number of hydrogen-bond donors (Lipinski definition) is 0. The summed E-state index contributed by atoms with van der Waals surface area (Å²) in [5.41, 5.74) is 1.69. The quantitative estimate of drug-likeness (QED) is 0.824. The lowest BCUT2D eigenvalue weighted by atomic mass is 9.91. The van der Waals surface area contributed by atoms with Crippen LogP contribution >= 0.6 is 0 Å². The van der Waals surface area contributed by atoms with Crippen LogP contribution in [0.2, 0.25) is 0 Å². The van der Waals surface area contributed by atoms with E-state index >= 15 is 0 Å². The molecule has 4 rings (SSSR count). The Labute approximate surface area is 155 Å². The van der Waals surface area contributed by atoms with E-state index in [4.69, 9.17) is 4.74 Å². The number of likely N-dealkylation sites (tertiary alicyclic amines) is 1. The molecule has 1 aliphatic carbocycles. The lowest BCUT2D eigenvalue weighted by Gasteiger charge is -2.41. The van der Waals surface area contributed by atoms with Gasteiger partial charge in [-0.15, -0.1) is 0 Å². The van der Waals surface area contributed by atoms with Crippen molar-refractivity contribution in [3.63, 3.8) is 0 Å². The normalized spacial score (nSPS) is 22.5. The van der Waals surface area contributed by atoms with E-state index in [1.165, 1.54) is 19.3 Å². The van der Waals surface area contributed by atoms with Crippen molar-refractivity contribution < 1.29 is 9.53 Å². The summed E-state index contributed by atoms with van der Waals surface area (Å²) in [7, 11) is 0. The van der Waals surface area contributed by atoms with Crippen molar-refractivity contribution in [1.29, 1.82) is 0 Å². The van der Waals surface area contributed by atoms with Gasteiger partial charge in [0.25, 0.3) is 0 Å². The van der Waals surface area contributed by atoms with Crippen LogP contribution in [-0.2, 0) is 0 Å². The third-order valence-corrected chi connectivity index (χ3v) is 5.81. The Kier molecular flexibility index (Phi) is 4.98. The first kappa shape index (κ1) is 17.5. The third-order valence-electron chi connectivity index (χ3n) is 5.81. The Balaban J connectivity index is 1.25. The predicted octanol–water partition coefficient (Wildman–Crippen LogP) is 1.84. The largest absolute Gasteiger partial charge is 0.469 e. The molecule has 2 aliphatic heterocycles. The van der Waals surface area contributed by atoms with Crippen molar-refractivity contribution in [3.05, 3.63) is 17.6 Å². The second-order valence-corrected chi connectivity index (χ2v) is 7.79. The van der Waals surface area contributed by atoms with Gasteiger partial charge in [-0.05, 0) is 33.1 Å². The highest BCUT2D eigenvalue weighted by Gasteiger charge is 2.36. The van der Waals surface area contributed by atoms with Gasteiger partial charge in [-0.25, -0.2) is 9.78 Å². The molecular formula is C19H29N5O2. The first-order valence-corrected chi connectivity index (χ1v) is 9.85. The van der Waals surface area contributed by atoms with Crippen LogP contribution in [0.4, 0.5) is 4.79 Å². The first-order valence-electron chi connectivity index (χ1n) is 9.85. The molecule has 3 fully saturated rings. The SMILES string of the molecule is Cc1cnc(OC2CN(C(=O)N3CCCN(C4CCC4)CC3)C2)c(C)n1. The zero-order valence-electron chi connectivity index (χ0n) is 15.9. The monoisotopic (exact) mass is 359 g/mol. The third kappa shape index (κ3) is 3.63. The van der Waals surface area contributed by atoms with Gasteiger partial charge in [-0.3, -0.25) is 9.88 Å². The van der Waals surface area contributed by atoms with Crippen LogP contribution in [0.1, 0.15) is 37.1 Å². The summed E-state index contributed by atoms with van der Waals surface area (Å²) >= 11 is 0. The van der Waals surface area contributed by atoms with E-state index in [2.05, 4.69) is 14.9 Å². The highest BCUT2D eigenvalue weighted by molar-refractivity contribution is 5.75. The number of hydrogen-bond acceptors (Lipinski definition) is 5.